The van der Waals surface area contributed by atoms with E-state index in [9.17, 15) is 5.11 Å². The normalized spacial score (nSPS) is 22.3. The summed E-state index contributed by atoms with van der Waals surface area (Å²) in [6.07, 6.45) is 2.12. The monoisotopic (exact) mass is 200 g/mol. The number of hydrogen-bond acceptors (Lipinski definition) is 3. The highest BCUT2D eigenvalue weighted by molar-refractivity contribution is 4.72. The minimum Gasteiger partial charge on any atom is -0.390 e. The smallest absolute Gasteiger partial charge is 0.0603 e. The van der Waals surface area contributed by atoms with Crippen LogP contribution in [0.3, 0.4) is 0 Å². The van der Waals surface area contributed by atoms with Gasteiger partial charge in [-0.05, 0) is 46.8 Å². The largest absolute Gasteiger partial charge is 0.390 e. The van der Waals surface area contributed by atoms with Crippen LogP contribution in [0, 0.1) is 0 Å². The Hall–Kier alpha value is -0.120. The molecule has 1 heterocycles. The molecule has 0 radical (unpaired) electrons. The van der Waals surface area contributed by atoms with E-state index in [2.05, 4.69) is 16.8 Å². The van der Waals surface area contributed by atoms with E-state index in [1.807, 2.05) is 13.8 Å². The second kappa shape index (κ2) is 5.10. The zero-order chi connectivity index (χ0) is 10.6. The first-order valence-electron chi connectivity index (χ1n) is 5.61. The lowest BCUT2D eigenvalue weighted by atomic mass is 10.1. The van der Waals surface area contributed by atoms with E-state index < -0.39 is 5.60 Å². The van der Waals surface area contributed by atoms with Crippen LogP contribution in [0.1, 0.15) is 26.7 Å². The van der Waals surface area contributed by atoms with Gasteiger partial charge < -0.3 is 14.9 Å². The molecule has 0 spiro atoms. The van der Waals surface area contributed by atoms with Gasteiger partial charge in [0.25, 0.3) is 0 Å². The Morgan fingerprint density at radius 1 is 1.14 bits per heavy atom. The van der Waals surface area contributed by atoms with Crippen LogP contribution >= 0.6 is 0 Å². The predicted octanol–water partition coefficient (Wildman–Crippen LogP) is 0.785. The van der Waals surface area contributed by atoms with Gasteiger partial charge in [-0.3, -0.25) is 0 Å². The van der Waals surface area contributed by atoms with Gasteiger partial charge in [-0.1, -0.05) is 0 Å². The minimum absolute atomic E-state index is 0.516. The summed E-state index contributed by atoms with van der Waals surface area (Å²) in [4.78, 5) is 4.84. The van der Waals surface area contributed by atoms with E-state index in [1.54, 1.807) is 0 Å². The number of likely N-dealkylation sites (N-methyl/N-ethyl adjacent to an activating group) is 1. The number of rotatable bonds is 3. The molecule has 1 aliphatic heterocycles. The van der Waals surface area contributed by atoms with Crippen molar-refractivity contribution in [2.24, 2.45) is 0 Å². The van der Waals surface area contributed by atoms with E-state index >= 15 is 0 Å². The quantitative estimate of drug-likeness (QED) is 0.729. The van der Waals surface area contributed by atoms with Crippen LogP contribution in [0.15, 0.2) is 0 Å². The molecular weight excluding hydrogens is 176 g/mol. The van der Waals surface area contributed by atoms with Crippen molar-refractivity contribution < 1.29 is 5.11 Å². The van der Waals surface area contributed by atoms with Gasteiger partial charge in [0, 0.05) is 19.6 Å². The Morgan fingerprint density at radius 3 is 2.50 bits per heavy atom. The lowest BCUT2D eigenvalue weighted by Crippen LogP contribution is -2.33. The number of nitrogens with zero attached hydrogens (tertiary/aromatic N) is 2. The van der Waals surface area contributed by atoms with Crippen LogP contribution in [0.5, 0.6) is 0 Å². The van der Waals surface area contributed by atoms with Crippen molar-refractivity contribution in [3.05, 3.63) is 0 Å². The molecule has 1 aliphatic rings. The molecule has 0 saturated carbocycles. The summed E-state index contributed by atoms with van der Waals surface area (Å²) in [5, 5.41) is 9.63. The second-order valence-electron chi connectivity index (χ2n) is 5.06. The molecule has 0 aromatic rings. The third kappa shape index (κ3) is 4.94. The standard InChI is InChI=1S/C11H24N2O/c1-11(2,14)5-8-13-7-4-6-12(3)9-10-13/h14H,4-10H2,1-3H3. The molecule has 0 unspecified atom stereocenters. The summed E-state index contributed by atoms with van der Waals surface area (Å²) in [6.45, 7) is 9.49. The third-order valence-corrected chi connectivity index (χ3v) is 2.85. The molecule has 1 saturated heterocycles. The molecule has 84 valence electrons. The first kappa shape index (κ1) is 12.0. The Kier molecular flexibility index (Phi) is 4.35. The van der Waals surface area contributed by atoms with Gasteiger partial charge in [0.1, 0.15) is 0 Å². The van der Waals surface area contributed by atoms with Crippen LogP contribution in [0.4, 0.5) is 0 Å². The maximum atomic E-state index is 9.63. The first-order chi connectivity index (χ1) is 6.47. The van der Waals surface area contributed by atoms with Gasteiger partial charge in [-0.25, -0.2) is 0 Å². The molecule has 0 atom stereocenters. The predicted molar refractivity (Wildman–Crippen MR) is 59.5 cm³/mol. The van der Waals surface area contributed by atoms with Crippen molar-refractivity contribution in [1.82, 2.24) is 9.80 Å². The highest BCUT2D eigenvalue weighted by Crippen LogP contribution is 2.09. The number of hydrogen-bond donors (Lipinski definition) is 1. The SMILES string of the molecule is CN1CCCN(CCC(C)(C)O)CC1. The van der Waals surface area contributed by atoms with Crippen molar-refractivity contribution in [2.45, 2.75) is 32.3 Å². The topological polar surface area (TPSA) is 26.7 Å². The summed E-state index contributed by atoms with van der Waals surface area (Å²) < 4.78 is 0. The van der Waals surface area contributed by atoms with Crippen LogP contribution in [0.2, 0.25) is 0 Å². The van der Waals surface area contributed by atoms with Crippen molar-refractivity contribution in [2.75, 3.05) is 39.8 Å². The van der Waals surface area contributed by atoms with E-state index in [4.69, 9.17) is 0 Å². The maximum absolute atomic E-state index is 9.63. The zero-order valence-corrected chi connectivity index (χ0v) is 9.79. The van der Waals surface area contributed by atoms with Crippen molar-refractivity contribution >= 4 is 0 Å². The van der Waals surface area contributed by atoms with Gasteiger partial charge in [0.15, 0.2) is 0 Å². The van der Waals surface area contributed by atoms with Gasteiger partial charge >= 0.3 is 0 Å². The molecule has 1 rings (SSSR count). The first-order valence-corrected chi connectivity index (χ1v) is 5.61. The van der Waals surface area contributed by atoms with Crippen LogP contribution < -0.4 is 0 Å². The second-order valence-corrected chi connectivity index (χ2v) is 5.06. The molecule has 0 aromatic heterocycles. The lowest BCUT2D eigenvalue weighted by Gasteiger charge is -2.24. The van der Waals surface area contributed by atoms with Crippen molar-refractivity contribution in [3.63, 3.8) is 0 Å². The van der Waals surface area contributed by atoms with E-state index in [1.165, 1.54) is 19.5 Å². The molecule has 0 aliphatic carbocycles. The molecule has 1 fully saturated rings. The van der Waals surface area contributed by atoms with E-state index in [0.717, 1.165) is 26.1 Å². The Balaban J connectivity index is 2.24. The molecule has 1 N–H and O–H groups in total. The molecular formula is C11H24N2O. The van der Waals surface area contributed by atoms with Gasteiger partial charge in [-0.2, -0.15) is 0 Å². The fourth-order valence-corrected chi connectivity index (χ4v) is 1.76. The van der Waals surface area contributed by atoms with Crippen LogP contribution in [0.25, 0.3) is 0 Å². The van der Waals surface area contributed by atoms with Crippen LogP contribution in [-0.2, 0) is 0 Å². The lowest BCUT2D eigenvalue weighted by molar-refractivity contribution is 0.0582. The van der Waals surface area contributed by atoms with Gasteiger partial charge in [0.05, 0.1) is 5.60 Å². The molecule has 0 amide bonds. The molecule has 0 aromatic carbocycles. The average molecular weight is 200 g/mol. The fourth-order valence-electron chi connectivity index (χ4n) is 1.76. The summed E-state index contributed by atoms with van der Waals surface area (Å²) >= 11 is 0. The number of aliphatic hydroxyl groups is 1. The maximum Gasteiger partial charge on any atom is 0.0603 e. The third-order valence-electron chi connectivity index (χ3n) is 2.85. The molecule has 0 bridgehead atoms. The van der Waals surface area contributed by atoms with E-state index in [0.29, 0.717) is 0 Å². The Labute approximate surface area is 87.7 Å². The minimum atomic E-state index is -0.516. The van der Waals surface area contributed by atoms with Crippen molar-refractivity contribution in [1.29, 1.82) is 0 Å². The average Bonchev–Trinajstić information content (AvgIpc) is 2.25. The fraction of sp³-hybridized carbons (Fsp3) is 1.00. The van der Waals surface area contributed by atoms with Crippen molar-refractivity contribution in [3.8, 4) is 0 Å². The molecule has 14 heavy (non-hydrogen) atoms. The summed E-state index contributed by atoms with van der Waals surface area (Å²) in [5.41, 5.74) is -0.516. The highest BCUT2D eigenvalue weighted by Gasteiger charge is 2.16. The molecule has 3 heteroatoms. The molecule has 3 nitrogen and oxygen atoms in total. The summed E-state index contributed by atoms with van der Waals surface area (Å²) in [5.74, 6) is 0. The van der Waals surface area contributed by atoms with Gasteiger partial charge in [-0.15, -0.1) is 0 Å². The zero-order valence-electron chi connectivity index (χ0n) is 9.79. The summed E-state index contributed by atoms with van der Waals surface area (Å²) in [6, 6.07) is 0. The van der Waals surface area contributed by atoms with Crippen LogP contribution in [-0.4, -0.2) is 60.3 Å². The Bertz CT molecular complexity index is 165. The van der Waals surface area contributed by atoms with E-state index in [-0.39, 0.29) is 0 Å². The highest BCUT2D eigenvalue weighted by atomic mass is 16.3. The van der Waals surface area contributed by atoms with Gasteiger partial charge in [0.2, 0.25) is 0 Å². The summed E-state index contributed by atoms with van der Waals surface area (Å²) in [7, 11) is 2.18. The Morgan fingerprint density at radius 2 is 1.86 bits per heavy atom.